The summed E-state index contributed by atoms with van der Waals surface area (Å²) in [7, 11) is 0. The third kappa shape index (κ3) is 5.33. The fourth-order valence-electron chi connectivity index (χ4n) is 3.27. The maximum absolute atomic E-state index is 11.6. The Kier molecular flexibility index (Phi) is 6.70. The molecule has 2 atom stereocenters. The van der Waals surface area contributed by atoms with Crippen molar-refractivity contribution >= 4 is 23.4 Å². The number of amides is 2. The van der Waals surface area contributed by atoms with Crippen LogP contribution in [0, 0.1) is 12.8 Å². The van der Waals surface area contributed by atoms with Crippen LogP contribution in [0.15, 0.2) is 42.5 Å². The Morgan fingerprint density at radius 1 is 1.21 bits per heavy atom. The van der Waals surface area contributed by atoms with Crippen molar-refractivity contribution in [3.05, 3.63) is 64.2 Å². The molecule has 2 amide bonds. The van der Waals surface area contributed by atoms with E-state index in [4.69, 9.17) is 16.3 Å². The van der Waals surface area contributed by atoms with Gasteiger partial charge >= 0.3 is 0 Å². The highest BCUT2D eigenvalue weighted by molar-refractivity contribution is 6.30. The maximum Gasteiger partial charge on any atom is 0.230 e. The molecule has 0 aliphatic carbocycles. The fourth-order valence-corrected chi connectivity index (χ4v) is 3.40. The third-order valence-corrected chi connectivity index (χ3v) is 5.26. The molecule has 1 aliphatic heterocycles. The van der Waals surface area contributed by atoms with E-state index in [1.165, 1.54) is 11.1 Å². The third-order valence-electron chi connectivity index (χ3n) is 5.01. The van der Waals surface area contributed by atoms with E-state index in [9.17, 15) is 9.59 Å². The predicted molar refractivity (Wildman–Crippen MR) is 109 cm³/mol. The molecule has 0 bridgehead atoms. The molecule has 0 saturated carbocycles. The zero-order chi connectivity index (χ0) is 20.1. The Bertz CT molecular complexity index is 851. The molecule has 6 heteroatoms. The van der Waals surface area contributed by atoms with Crippen molar-refractivity contribution in [2.24, 2.45) is 5.92 Å². The standard InChI is InChI=1S/C22H25ClN2O3/c1-14-11-16(13-24-15(2)17-4-6-19(23)7-5-17)3-8-20(14)28-10-9-18-12-21(26)25-22(18)27/h3-8,11,15,18,24H,9-10,12-13H2,1-2H3,(H,25,26,27)/t15-,18?/m0/s1. The number of carbonyl (C=O) groups is 2. The Hall–Kier alpha value is -2.37. The molecule has 1 heterocycles. The number of imide groups is 1. The summed E-state index contributed by atoms with van der Waals surface area (Å²) in [5.41, 5.74) is 3.41. The van der Waals surface area contributed by atoms with Gasteiger partial charge in [0.1, 0.15) is 5.75 Å². The molecule has 3 rings (SSSR count). The highest BCUT2D eigenvalue weighted by Gasteiger charge is 2.30. The van der Waals surface area contributed by atoms with Crippen LogP contribution in [0.1, 0.15) is 42.5 Å². The number of hydrogen-bond donors (Lipinski definition) is 2. The minimum atomic E-state index is -0.273. The van der Waals surface area contributed by atoms with Crippen molar-refractivity contribution in [1.82, 2.24) is 10.6 Å². The maximum atomic E-state index is 11.6. The average molecular weight is 401 g/mol. The summed E-state index contributed by atoms with van der Waals surface area (Å²) >= 11 is 5.94. The number of halogens is 1. The highest BCUT2D eigenvalue weighted by atomic mass is 35.5. The first-order chi connectivity index (χ1) is 13.4. The zero-order valence-electron chi connectivity index (χ0n) is 16.1. The first-order valence-corrected chi connectivity index (χ1v) is 9.85. The first-order valence-electron chi connectivity index (χ1n) is 9.47. The van der Waals surface area contributed by atoms with E-state index in [1.54, 1.807) is 0 Å². The van der Waals surface area contributed by atoms with Gasteiger partial charge in [0.2, 0.25) is 11.8 Å². The zero-order valence-corrected chi connectivity index (χ0v) is 16.9. The normalized spacial score (nSPS) is 17.5. The van der Waals surface area contributed by atoms with Crippen molar-refractivity contribution in [3.63, 3.8) is 0 Å². The van der Waals surface area contributed by atoms with Crippen LogP contribution >= 0.6 is 11.6 Å². The number of carbonyl (C=O) groups excluding carboxylic acids is 2. The molecule has 2 aromatic rings. The van der Waals surface area contributed by atoms with Gasteiger partial charge in [0.05, 0.1) is 12.5 Å². The van der Waals surface area contributed by atoms with Crippen LogP contribution in [-0.2, 0) is 16.1 Å². The quantitative estimate of drug-likeness (QED) is 0.659. The van der Waals surface area contributed by atoms with Gasteiger partial charge in [-0.2, -0.15) is 0 Å². The topological polar surface area (TPSA) is 67.4 Å². The number of benzene rings is 2. The summed E-state index contributed by atoms with van der Waals surface area (Å²) in [5, 5.41) is 6.57. The molecule has 148 valence electrons. The first kappa shape index (κ1) is 20.4. The van der Waals surface area contributed by atoms with Gasteiger partial charge < -0.3 is 10.1 Å². The summed E-state index contributed by atoms with van der Waals surface area (Å²) in [6.45, 7) is 5.29. The SMILES string of the molecule is Cc1cc(CN[C@@H](C)c2ccc(Cl)cc2)ccc1OCCC1CC(=O)NC1=O. The Labute approximate surface area is 170 Å². The van der Waals surface area contributed by atoms with Gasteiger partial charge in [-0.25, -0.2) is 0 Å². The molecule has 28 heavy (non-hydrogen) atoms. The minimum Gasteiger partial charge on any atom is -0.493 e. The van der Waals surface area contributed by atoms with Crippen molar-refractivity contribution < 1.29 is 14.3 Å². The molecule has 0 radical (unpaired) electrons. The van der Waals surface area contributed by atoms with Crippen molar-refractivity contribution in [3.8, 4) is 5.75 Å². The van der Waals surface area contributed by atoms with Crippen LogP contribution in [-0.4, -0.2) is 18.4 Å². The number of ether oxygens (including phenoxy) is 1. The lowest BCUT2D eigenvalue weighted by atomic mass is 10.0. The van der Waals surface area contributed by atoms with Crippen LogP contribution < -0.4 is 15.4 Å². The van der Waals surface area contributed by atoms with E-state index >= 15 is 0 Å². The lowest BCUT2D eigenvalue weighted by Crippen LogP contribution is -2.22. The van der Waals surface area contributed by atoms with Gasteiger partial charge in [-0.05, 0) is 55.2 Å². The van der Waals surface area contributed by atoms with E-state index in [2.05, 4.69) is 23.6 Å². The van der Waals surface area contributed by atoms with Crippen LogP contribution in [0.25, 0.3) is 0 Å². The van der Waals surface area contributed by atoms with Crippen molar-refractivity contribution in [2.75, 3.05) is 6.61 Å². The Balaban J connectivity index is 1.48. The van der Waals surface area contributed by atoms with Crippen molar-refractivity contribution in [1.29, 1.82) is 0 Å². The predicted octanol–water partition coefficient (Wildman–Crippen LogP) is 3.93. The monoisotopic (exact) mass is 400 g/mol. The number of aryl methyl sites for hydroxylation is 1. The van der Waals surface area contributed by atoms with Gasteiger partial charge in [-0.3, -0.25) is 14.9 Å². The summed E-state index contributed by atoms with van der Waals surface area (Å²) in [6.07, 6.45) is 0.802. The molecule has 0 spiro atoms. The largest absolute Gasteiger partial charge is 0.493 e. The number of rotatable bonds is 8. The second kappa shape index (κ2) is 9.22. The summed E-state index contributed by atoms with van der Waals surface area (Å²) in [4.78, 5) is 22.8. The lowest BCUT2D eigenvalue weighted by Gasteiger charge is -2.16. The highest BCUT2D eigenvalue weighted by Crippen LogP contribution is 2.22. The molecule has 1 aliphatic rings. The van der Waals surface area contributed by atoms with Crippen molar-refractivity contribution in [2.45, 2.75) is 39.3 Å². The fraction of sp³-hybridized carbons (Fsp3) is 0.364. The molecular weight excluding hydrogens is 376 g/mol. The molecule has 1 fully saturated rings. The molecular formula is C22H25ClN2O3. The average Bonchev–Trinajstić information content (AvgIpc) is 2.99. The Morgan fingerprint density at radius 2 is 1.96 bits per heavy atom. The summed E-state index contributed by atoms with van der Waals surface area (Å²) < 4.78 is 5.82. The molecule has 2 N–H and O–H groups in total. The van der Waals surface area contributed by atoms with Gasteiger partial charge in [0, 0.05) is 24.0 Å². The van der Waals surface area contributed by atoms with E-state index in [0.29, 0.717) is 13.0 Å². The molecule has 5 nitrogen and oxygen atoms in total. The van der Waals surface area contributed by atoms with Crippen LogP contribution in [0.3, 0.4) is 0 Å². The van der Waals surface area contributed by atoms with E-state index < -0.39 is 0 Å². The van der Waals surface area contributed by atoms with Gasteiger partial charge in [0.25, 0.3) is 0 Å². The van der Waals surface area contributed by atoms with E-state index in [-0.39, 0.29) is 30.2 Å². The molecule has 2 aromatic carbocycles. The van der Waals surface area contributed by atoms with Crippen LogP contribution in [0.2, 0.25) is 5.02 Å². The van der Waals surface area contributed by atoms with Gasteiger partial charge in [-0.1, -0.05) is 35.9 Å². The van der Waals surface area contributed by atoms with E-state index in [0.717, 1.165) is 22.9 Å². The molecule has 0 aromatic heterocycles. The lowest BCUT2D eigenvalue weighted by molar-refractivity contribution is -0.125. The minimum absolute atomic E-state index is 0.193. The summed E-state index contributed by atoms with van der Waals surface area (Å²) in [6, 6.07) is 14.2. The van der Waals surface area contributed by atoms with Gasteiger partial charge in [-0.15, -0.1) is 0 Å². The second-order valence-electron chi connectivity index (χ2n) is 7.20. The van der Waals surface area contributed by atoms with Gasteiger partial charge in [0.15, 0.2) is 0 Å². The smallest absolute Gasteiger partial charge is 0.230 e. The molecule has 1 unspecified atom stereocenters. The Morgan fingerprint density at radius 3 is 2.61 bits per heavy atom. The van der Waals surface area contributed by atoms with Crippen LogP contribution in [0.5, 0.6) is 5.75 Å². The van der Waals surface area contributed by atoms with Crippen LogP contribution in [0.4, 0.5) is 0 Å². The van der Waals surface area contributed by atoms with E-state index in [1.807, 2.05) is 43.3 Å². The number of hydrogen-bond acceptors (Lipinski definition) is 4. The number of nitrogens with one attached hydrogen (secondary N) is 2. The summed E-state index contributed by atoms with van der Waals surface area (Å²) in [5.74, 6) is 0.141. The molecule has 1 saturated heterocycles. The second-order valence-corrected chi connectivity index (χ2v) is 7.64.